The van der Waals surface area contributed by atoms with Gasteiger partial charge in [0.1, 0.15) is 0 Å². The van der Waals surface area contributed by atoms with E-state index in [-0.39, 0.29) is 0 Å². The van der Waals surface area contributed by atoms with Crippen molar-refractivity contribution in [1.82, 2.24) is 5.32 Å². The lowest BCUT2D eigenvalue weighted by molar-refractivity contribution is 0.374. The number of hydrogen-bond acceptors (Lipinski definition) is 1. The second-order valence-corrected chi connectivity index (χ2v) is 4.59. The summed E-state index contributed by atoms with van der Waals surface area (Å²) in [5.74, 6) is 0. The van der Waals surface area contributed by atoms with Gasteiger partial charge in [0.15, 0.2) is 0 Å². The van der Waals surface area contributed by atoms with E-state index in [1.165, 1.54) is 18.5 Å². The Kier molecular flexibility index (Phi) is 5.03. The van der Waals surface area contributed by atoms with Crippen LogP contribution >= 0.6 is 0 Å². The Morgan fingerprint density at radius 3 is 2.33 bits per heavy atom. The highest BCUT2D eigenvalue weighted by Gasteiger charge is 2.09. The Morgan fingerprint density at radius 1 is 1.33 bits per heavy atom. The summed E-state index contributed by atoms with van der Waals surface area (Å²) in [6.45, 7) is 14.0. The van der Waals surface area contributed by atoms with E-state index >= 15 is 0 Å². The van der Waals surface area contributed by atoms with Crippen LogP contribution in [0.4, 0.5) is 0 Å². The van der Waals surface area contributed by atoms with Crippen molar-refractivity contribution >= 4 is 0 Å². The van der Waals surface area contributed by atoms with E-state index in [9.17, 15) is 0 Å². The van der Waals surface area contributed by atoms with Gasteiger partial charge in [-0.3, -0.25) is 0 Å². The van der Waals surface area contributed by atoms with Crippen molar-refractivity contribution in [2.75, 3.05) is 6.54 Å². The fourth-order valence-corrected chi connectivity index (χ4v) is 0.916. The predicted molar refractivity (Wildman–Crippen MR) is 56.1 cm³/mol. The molecule has 0 aliphatic carbocycles. The Balaban J connectivity index is 3.44. The van der Waals surface area contributed by atoms with E-state index in [4.69, 9.17) is 0 Å². The predicted octanol–water partition coefficient (Wildman–Crippen LogP) is 3.33. The van der Waals surface area contributed by atoms with E-state index in [2.05, 4.69) is 39.6 Å². The second kappa shape index (κ2) is 5.23. The van der Waals surface area contributed by atoms with Crippen molar-refractivity contribution in [3.8, 4) is 0 Å². The number of allylic oxidation sites excluding steroid dienone is 1. The van der Waals surface area contributed by atoms with Gasteiger partial charge in [-0.25, -0.2) is 0 Å². The van der Waals surface area contributed by atoms with Crippen molar-refractivity contribution in [2.45, 2.75) is 47.0 Å². The highest BCUT2D eigenvalue weighted by molar-refractivity contribution is 4.91. The van der Waals surface area contributed by atoms with E-state index in [0.717, 1.165) is 13.0 Å². The third-order valence-corrected chi connectivity index (χ3v) is 1.80. The SMILES string of the molecule is C=C(CCC(C)(C)C)NCCC. The topological polar surface area (TPSA) is 12.0 Å². The molecule has 0 bridgehead atoms. The summed E-state index contributed by atoms with van der Waals surface area (Å²) in [6, 6.07) is 0. The average Bonchev–Trinajstić information content (AvgIpc) is 1.95. The molecule has 0 saturated heterocycles. The summed E-state index contributed by atoms with van der Waals surface area (Å²) in [5, 5.41) is 3.31. The Labute approximate surface area is 77.2 Å². The van der Waals surface area contributed by atoms with Gasteiger partial charge in [-0.05, 0) is 24.7 Å². The van der Waals surface area contributed by atoms with Gasteiger partial charge in [0.2, 0.25) is 0 Å². The molecule has 0 unspecified atom stereocenters. The molecule has 0 aliphatic heterocycles. The van der Waals surface area contributed by atoms with Crippen LogP contribution in [0.1, 0.15) is 47.0 Å². The second-order valence-electron chi connectivity index (χ2n) is 4.59. The molecular weight excluding hydrogens is 146 g/mol. The Morgan fingerprint density at radius 2 is 1.92 bits per heavy atom. The fraction of sp³-hybridized carbons (Fsp3) is 0.818. The van der Waals surface area contributed by atoms with Gasteiger partial charge in [-0.2, -0.15) is 0 Å². The molecule has 0 aromatic carbocycles. The highest BCUT2D eigenvalue weighted by atomic mass is 14.9. The lowest BCUT2D eigenvalue weighted by Crippen LogP contribution is -2.15. The monoisotopic (exact) mass is 169 g/mol. The smallest absolute Gasteiger partial charge is 0.0141 e. The van der Waals surface area contributed by atoms with Gasteiger partial charge < -0.3 is 5.32 Å². The molecule has 0 fully saturated rings. The molecule has 0 saturated carbocycles. The van der Waals surface area contributed by atoms with Gasteiger partial charge >= 0.3 is 0 Å². The maximum absolute atomic E-state index is 3.98. The first-order valence-electron chi connectivity index (χ1n) is 4.87. The summed E-state index contributed by atoms with van der Waals surface area (Å²) in [6.07, 6.45) is 3.49. The zero-order chi connectivity index (χ0) is 9.61. The van der Waals surface area contributed by atoms with Crippen LogP contribution in [0.3, 0.4) is 0 Å². The molecule has 0 aromatic rings. The highest BCUT2D eigenvalue weighted by Crippen LogP contribution is 2.21. The minimum Gasteiger partial charge on any atom is -0.389 e. The largest absolute Gasteiger partial charge is 0.389 e. The zero-order valence-corrected chi connectivity index (χ0v) is 9.04. The number of hydrogen-bond donors (Lipinski definition) is 1. The number of rotatable bonds is 5. The molecule has 0 amide bonds. The molecule has 1 nitrogen and oxygen atoms in total. The maximum Gasteiger partial charge on any atom is 0.0141 e. The van der Waals surface area contributed by atoms with Gasteiger partial charge in [-0.15, -0.1) is 0 Å². The average molecular weight is 169 g/mol. The summed E-state index contributed by atoms with van der Waals surface area (Å²) in [4.78, 5) is 0. The fourth-order valence-electron chi connectivity index (χ4n) is 0.916. The molecule has 0 aliphatic rings. The van der Waals surface area contributed by atoms with E-state index in [1.54, 1.807) is 0 Å². The Hall–Kier alpha value is -0.460. The normalized spacial score (nSPS) is 11.3. The molecule has 0 heterocycles. The standard InChI is InChI=1S/C11H23N/c1-6-9-12-10(2)7-8-11(3,4)5/h12H,2,6-9H2,1,3-5H3. The molecular formula is C11H23N. The van der Waals surface area contributed by atoms with Crippen molar-refractivity contribution in [3.05, 3.63) is 12.3 Å². The molecule has 12 heavy (non-hydrogen) atoms. The lowest BCUT2D eigenvalue weighted by Gasteiger charge is -2.19. The van der Waals surface area contributed by atoms with Crippen molar-refractivity contribution < 1.29 is 0 Å². The first kappa shape index (κ1) is 11.5. The summed E-state index contributed by atoms with van der Waals surface area (Å²) < 4.78 is 0. The van der Waals surface area contributed by atoms with E-state index < -0.39 is 0 Å². The van der Waals surface area contributed by atoms with E-state index in [1.807, 2.05) is 0 Å². The lowest BCUT2D eigenvalue weighted by atomic mass is 9.90. The summed E-state index contributed by atoms with van der Waals surface area (Å²) in [5.41, 5.74) is 1.61. The van der Waals surface area contributed by atoms with Crippen LogP contribution in [0.5, 0.6) is 0 Å². The molecule has 1 heteroatoms. The van der Waals surface area contributed by atoms with E-state index in [0.29, 0.717) is 5.41 Å². The molecule has 0 atom stereocenters. The van der Waals surface area contributed by atoms with Crippen LogP contribution in [-0.2, 0) is 0 Å². The molecule has 0 aromatic heterocycles. The third kappa shape index (κ3) is 7.64. The first-order valence-corrected chi connectivity index (χ1v) is 4.87. The van der Waals surface area contributed by atoms with Crippen molar-refractivity contribution in [2.24, 2.45) is 5.41 Å². The summed E-state index contributed by atoms with van der Waals surface area (Å²) in [7, 11) is 0. The third-order valence-electron chi connectivity index (χ3n) is 1.80. The Bertz CT molecular complexity index is 130. The molecule has 0 rings (SSSR count). The quantitative estimate of drug-likeness (QED) is 0.665. The number of nitrogens with one attached hydrogen (secondary N) is 1. The maximum atomic E-state index is 3.98. The van der Waals surface area contributed by atoms with Gasteiger partial charge in [0, 0.05) is 12.2 Å². The molecule has 0 spiro atoms. The van der Waals surface area contributed by atoms with Crippen LogP contribution in [0.15, 0.2) is 12.3 Å². The molecule has 1 N–H and O–H groups in total. The van der Waals surface area contributed by atoms with Gasteiger partial charge in [0.25, 0.3) is 0 Å². The minimum atomic E-state index is 0.427. The van der Waals surface area contributed by atoms with Crippen molar-refractivity contribution in [3.63, 3.8) is 0 Å². The molecule has 0 radical (unpaired) electrons. The van der Waals surface area contributed by atoms with Crippen molar-refractivity contribution in [1.29, 1.82) is 0 Å². The van der Waals surface area contributed by atoms with Crippen LogP contribution in [0.25, 0.3) is 0 Å². The van der Waals surface area contributed by atoms with Crippen LogP contribution in [-0.4, -0.2) is 6.54 Å². The van der Waals surface area contributed by atoms with Gasteiger partial charge in [-0.1, -0.05) is 34.3 Å². The van der Waals surface area contributed by atoms with Crippen LogP contribution < -0.4 is 5.32 Å². The van der Waals surface area contributed by atoms with Gasteiger partial charge in [0.05, 0.1) is 0 Å². The zero-order valence-electron chi connectivity index (χ0n) is 9.04. The minimum absolute atomic E-state index is 0.427. The van der Waals surface area contributed by atoms with Crippen LogP contribution in [0.2, 0.25) is 0 Å². The first-order chi connectivity index (χ1) is 5.45. The summed E-state index contributed by atoms with van der Waals surface area (Å²) >= 11 is 0. The van der Waals surface area contributed by atoms with Crippen LogP contribution in [0, 0.1) is 5.41 Å². The molecule has 72 valence electrons.